The molecule has 2 aromatic carbocycles. The number of carboxylic acid groups (broad SMARTS) is 1. The monoisotopic (exact) mass is 347 g/mol. The van der Waals surface area contributed by atoms with E-state index in [-0.39, 0.29) is 11.9 Å². The molecule has 1 aliphatic heterocycles. The number of likely N-dealkylation sites (tertiary alicyclic amines) is 1. The van der Waals surface area contributed by atoms with E-state index in [1.54, 1.807) is 30.3 Å². The first-order valence-corrected chi connectivity index (χ1v) is 8.41. The van der Waals surface area contributed by atoms with Crippen LogP contribution in [0.4, 0.5) is 4.39 Å². The Balaban J connectivity index is 2.00. The number of rotatable bonds is 4. The number of nitrogens with zero attached hydrogens (tertiary/aromatic N) is 1. The molecule has 0 spiro atoms. The fourth-order valence-corrected chi connectivity index (χ4v) is 3.50. The highest BCUT2D eigenvalue weighted by Crippen LogP contribution is 2.34. The minimum Gasteiger partial charge on any atom is -0.481 e. The van der Waals surface area contributed by atoms with Gasteiger partial charge in [-0.15, -0.1) is 0 Å². The molecule has 3 rings (SSSR count). The van der Waals surface area contributed by atoms with Gasteiger partial charge >= 0.3 is 5.97 Å². The standard InChI is InChI=1S/C19H19ClFNO2/c20-15-9-7-13(8-10-15)18(16-5-1-2-6-17(16)21)22-11-3-4-14(12-22)19(23)24/h1-2,5-10,14,18H,3-4,11-12H2,(H,23,24). The Labute approximate surface area is 145 Å². The van der Waals surface area contributed by atoms with Crippen molar-refractivity contribution in [2.45, 2.75) is 18.9 Å². The highest BCUT2D eigenvalue weighted by molar-refractivity contribution is 6.30. The van der Waals surface area contributed by atoms with E-state index in [1.807, 2.05) is 12.1 Å². The van der Waals surface area contributed by atoms with Crippen molar-refractivity contribution in [2.75, 3.05) is 13.1 Å². The van der Waals surface area contributed by atoms with Gasteiger partial charge in [-0.2, -0.15) is 0 Å². The molecule has 1 heterocycles. The van der Waals surface area contributed by atoms with Crippen LogP contribution in [0.15, 0.2) is 48.5 Å². The fourth-order valence-electron chi connectivity index (χ4n) is 3.37. The van der Waals surface area contributed by atoms with Gasteiger partial charge < -0.3 is 5.11 Å². The van der Waals surface area contributed by atoms with Crippen molar-refractivity contribution in [3.8, 4) is 0 Å². The summed E-state index contributed by atoms with van der Waals surface area (Å²) >= 11 is 5.98. The number of piperidine rings is 1. The van der Waals surface area contributed by atoms with Crippen molar-refractivity contribution in [1.82, 2.24) is 4.90 Å². The van der Waals surface area contributed by atoms with Gasteiger partial charge in [-0.3, -0.25) is 9.69 Å². The van der Waals surface area contributed by atoms with E-state index in [2.05, 4.69) is 4.90 Å². The van der Waals surface area contributed by atoms with Gasteiger partial charge in [0.05, 0.1) is 12.0 Å². The van der Waals surface area contributed by atoms with Gasteiger partial charge in [0.25, 0.3) is 0 Å². The molecule has 126 valence electrons. The maximum absolute atomic E-state index is 14.4. The lowest BCUT2D eigenvalue weighted by Gasteiger charge is -2.37. The number of benzene rings is 2. The summed E-state index contributed by atoms with van der Waals surface area (Å²) in [5.74, 6) is -1.49. The van der Waals surface area contributed by atoms with Gasteiger partial charge in [0.2, 0.25) is 0 Å². The summed E-state index contributed by atoms with van der Waals surface area (Å²) < 4.78 is 14.4. The third kappa shape index (κ3) is 3.60. The summed E-state index contributed by atoms with van der Waals surface area (Å²) in [5, 5.41) is 9.97. The van der Waals surface area contributed by atoms with E-state index < -0.39 is 11.9 Å². The predicted molar refractivity (Wildman–Crippen MR) is 91.6 cm³/mol. The molecule has 1 saturated heterocycles. The van der Waals surface area contributed by atoms with Crippen LogP contribution in [0.25, 0.3) is 0 Å². The zero-order valence-corrected chi connectivity index (χ0v) is 13.9. The molecular weight excluding hydrogens is 329 g/mol. The quantitative estimate of drug-likeness (QED) is 0.893. The Bertz CT molecular complexity index is 720. The van der Waals surface area contributed by atoms with Crippen molar-refractivity contribution in [1.29, 1.82) is 0 Å². The third-order valence-corrected chi connectivity index (χ3v) is 4.80. The molecule has 0 radical (unpaired) electrons. The zero-order valence-electron chi connectivity index (χ0n) is 13.2. The number of halogens is 2. The molecule has 2 unspecified atom stereocenters. The zero-order chi connectivity index (χ0) is 17.1. The highest BCUT2D eigenvalue weighted by Gasteiger charge is 2.32. The van der Waals surface area contributed by atoms with Crippen LogP contribution in [-0.4, -0.2) is 29.1 Å². The van der Waals surface area contributed by atoms with Gasteiger partial charge in [0.1, 0.15) is 5.82 Å². The molecule has 1 fully saturated rings. The maximum atomic E-state index is 14.4. The second kappa shape index (κ2) is 7.32. The predicted octanol–water partition coefficient (Wildman–Crippen LogP) is 4.37. The molecular formula is C19H19ClFNO2. The fraction of sp³-hybridized carbons (Fsp3) is 0.316. The molecule has 1 aliphatic rings. The summed E-state index contributed by atoms with van der Waals surface area (Å²) in [4.78, 5) is 13.4. The summed E-state index contributed by atoms with van der Waals surface area (Å²) in [7, 11) is 0. The average Bonchev–Trinajstić information content (AvgIpc) is 2.59. The molecule has 0 amide bonds. The summed E-state index contributed by atoms with van der Waals surface area (Å²) in [6.07, 6.45) is 1.45. The first-order chi connectivity index (χ1) is 11.6. The maximum Gasteiger partial charge on any atom is 0.307 e. The van der Waals surface area contributed by atoms with E-state index in [0.29, 0.717) is 23.6 Å². The van der Waals surface area contributed by atoms with Crippen molar-refractivity contribution >= 4 is 17.6 Å². The Morgan fingerprint density at radius 1 is 1.21 bits per heavy atom. The summed E-state index contributed by atoms with van der Waals surface area (Å²) in [6.45, 7) is 1.16. The number of aliphatic carboxylic acids is 1. The lowest BCUT2D eigenvalue weighted by atomic mass is 9.91. The number of carbonyl (C=O) groups is 1. The first kappa shape index (κ1) is 16.9. The topological polar surface area (TPSA) is 40.5 Å². The van der Waals surface area contributed by atoms with Gasteiger partial charge in [0, 0.05) is 17.1 Å². The minimum absolute atomic E-state index is 0.283. The van der Waals surface area contributed by atoms with Crippen LogP contribution in [0.1, 0.15) is 30.0 Å². The summed E-state index contributed by atoms with van der Waals surface area (Å²) in [6, 6.07) is 13.7. The molecule has 0 aliphatic carbocycles. The Kier molecular flexibility index (Phi) is 5.17. The van der Waals surface area contributed by atoms with Gasteiger partial charge in [-0.25, -0.2) is 4.39 Å². The molecule has 24 heavy (non-hydrogen) atoms. The number of carboxylic acids is 1. The lowest BCUT2D eigenvalue weighted by molar-refractivity contribution is -0.143. The minimum atomic E-state index is -0.789. The second-order valence-electron chi connectivity index (χ2n) is 6.15. The normalized spacial score (nSPS) is 19.8. The van der Waals surface area contributed by atoms with Crippen molar-refractivity contribution in [3.63, 3.8) is 0 Å². The van der Waals surface area contributed by atoms with Crippen molar-refractivity contribution in [2.24, 2.45) is 5.92 Å². The lowest BCUT2D eigenvalue weighted by Crippen LogP contribution is -2.41. The van der Waals surface area contributed by atoms with Crippen LogP contribution in [0, 0.1) is 11.7 Å². The Morgan fingerprint density at radius 3 is 2.58 bits per heavy atom. The Hall–Kier alpha value is -1.91. The van der Waals surface area contributed by atoms with Crippen LogP contribution < -0.4 is 0 Å². The van der Waals surface area contributed by atoms with Gasteiger partial charge in [0.15, 0.2) is 0 Å². The SMILES string of the molecule is O=C(O)C1CCCN(C(c2ccc(Cl)cc2)c2ccccc2F)C1. The molecule has 0 bridgehead atoms. The highest BCUT2D eigenvalue weighted by atomic mass is 35.5. The van der Waals surface area contributed by atoms with Gasteiger partial charge in [-0.1, -0.05) is 41.9 Å². The van der Waals surface area contributed by atoms with E-state index in [1.165, 1.54) is 6.07 Å². The van der Waals surface area contributed by atoms with E-state index in [4.69, 9.17) is 11.6 Å². The second-order valence-corrected chi connectivity index (χ2v) is 6.58. The first-order valence-electron chi connectivity index (χ1n) is 8.03. The van der Waals surface area contributed by atoms with Gasteiger partial charge in [-0.05, 0) is 43.1 Å². The molecule has 0 aromatic heterocycles. The van der Waals surface area contributed by atoms with E-state index in [0.717, 1.165) is 18.5 Å². The largest absolute Gasteiger partial charge is 0.481 e. The van der Waals surface area contributed by atoms with Crippen LogP contribution in [0.5, 0.6) is 0 Å². The Morgan fingerprint density at radius 2 is 1.92 bits per heavy atom. The third-order valence-electron chi connectivity index (χ3n) is 4.55. The molecule has 1 N–H and O–H groups in total. The van der Waals surface area contributed by atoms with E-state index in [9.17, 15) is 14.3 Å². The van der Waals surface area contributed by atoms with Crippen LogP contribution >= 0.6 is 11.6 Å². The number of hydrogen-bond acceptors (Lipinski definition) is 2. The van der Waals surface area contributed by atoms with Crippen molar-refractivity contribution in [3.05, 3.63) is 70.5 Å². The van der Waals surface area contributed by atoms with Crippen LogP contribution in [0.2, 0.25) is 5.02 Å². The molecule has 5 heteroatoms. The van der Waals surface area contributed by atoms with Crippen LogP contribution in [-0.2, 0) is 4.79 Å². The molecule has 3 nitrogen and oxygen atoms in total. The average molecular weight is 348 g/mol. The van der Waals surface area contributed by atoms with Crippen LogP contribution in [0.3, 0.4) is 0 Å². The molecule has 2 aromatic rings. The number of hydrogen-bond donors (Lipinski definition) is 1. The molecule has 2 atom stereocenters. The smallest absolute Gasteiger partial charge is 0.307 e. The van der Waals surface area contributed by atoms with E-state index >= 15 is 0 Å². The van der Waals surface area contributed by atoms with Crippen molar-refractivity contribution < 1.29 is 14.3 Å². The molecule has 0 saturated carbocycles. The summed E-state index contributed by atoms with van der Waals surface area (Å²) in [5.41, 5.74) is 1.47.